The van der Waals surface area contributed by atoms with Gasteiger partial charge >= 0.3 is 5.97 Å². The molecule has 6 heteroatoms. The summed E-state index contributed by atoms with van der Waals surface area (Å²) in [7, 11) is 0. The number of benzene rings is 1. The molecule has 1 N–H and O–H groups in total. The lowest BCUT2D eigenvalue weighted by Crippen LogP contribution is -2.04. The fraction of sp³-hybridized carbons (Fsp3) is 0.0909. The highest BCUT2D eigenvalue weighted by atomic mass is 79.9. The topological polar surface area (TPSA) is 55.1 Å². The molecule has 1 aromatic heterocycles. The van der Waals surface area contributed by atoms with Crippen LogP contribution in [0.1, 0.15) is 16.1 Å². The summed E-state index contributed by atoms with van der Waals surface area (Å²) in [5, 5.41) is 12.6. The molecule has 0 aliphatic heterocycles. The maximum atomic E-state index is 12.9. The fourth-order valence-electron chi connectivity index (χ4n) is 1.39. The van der Waals surface area contributed by atoms with Crippen molar-refractivity contribution in [3.05, 3.63) is 52.0 Å². The van der Waals surface area contributed by atoms with E-state index < -0.39 is 5.97 Å². The van der Waals surface area contributed by atoms with Gasteiger partial charge in [0, 0.05) is 10.7 Å². The van der Waals surface area contributed by atoms with E-state index >= 15 is 0 Å². The molecule has 2 rings (SSSR count). The van der Waals surface area contributed by atoms with Crippen LogP contribution in [0.2, 0.25) is 0 Å². The molecular weight excluding hydrogens is 291 g/mol. The molecule has 0 unspecified atom stereocenters. The second kappa shape index (κ2) is 4.67. The van der Waals surface area contributed by atoms with Crippen LogP contribution in [-0.4, -0.2) is 20.9 Å². The molecule has 0 amide bonds. The molecule has 2 aromatic rings. The van der Waals surface area contributed by atoms with Crippen molar-refractivity contribution in [2.45, 2.75) is 6.54 Å². The van der Waals surface area contributed by atoms with Gasteiger partial charge in [-0.25, -0.2) is 9.18 Å². The van der Waals surface area contributed by atoms with Crippen LogP contribution in [0.25, 0.3) is 0 Å². The molecule has 1 heterocycles. The van der Waals surface area contributed by atoms with Gasteiger partial charge in [-0.05, 0) is 23.8 Å². The quantitative estimate of drug-likeness (QED) is 0.947. The third-order valence-electron chi connectivity index (χ3n) is 2.21. The first-order valence-corrected chi connectivity index (χ1v) is 5.56. The molecule has 17 heavy (non-hydrogen) atoms. The zero-order valence-corrected chi connectivity index (χ0v) is 10.2. The molecular formula is C11H8BrFN2O2. The van der Waals surface area contributed by atoms with E-state index in [1.807, 2.05) is 0 Å². The van der Waals surface area contributed by atoms with E-state index in [0.717, 1.165) is 5.56 Å². The van der Waals surface area contributed by atoms with Crippen molar-refractivity contribution < 1.29 is 14.3 Å². The van der Waals surface area contributed by atoms with Crippen LogP contribution in [0.3, 0.4) is 0 Å². The summed E-state index contributed by atoms with van der Waals surface area (Å²) in [6.45, 7) is 0.383. The smallest absolute Gasteiger partial charge is 0.356 e. The number of nitrogens with zero attached hydrogens (tertiary/aromatic N) is 2. The van der Waals surface area contributed by atoms with Crippen molar-refractivity contribution in [1.29, 1.82) is 0 Å². The largest absolute Gasteiger partial charge is 0.476 e. The van der Waals surface area contributed by atoms with Crippen molar-refractivity contribution in [2.75, 3.05) is 0 Å². The lowest BCUT2D eigenvalue weighted by Gasteiger charge is -2.04. The van der Waals surface area contributed by atoms with Gasteiger partial charge in [-0.2, -0.15) is 5.10 Å². The van der Waals surface area contributed by atoms with E-state index in [1.165, 1.54) is 22.9 Å². The number of hydrogen-bond donors (Lipinski definition) is 1. The summed E-state index contributed by atoms with van der Waals surface area (Å²) in [4.78, 5) is 10.6. The van der Waals surface area contributed by atoms with Crippen LogP contribution in [0.15, 0.2) is 34.9 Å². The van der Waals surface area contributed by atoms with Crippen LogP contribution >= 0.6 is 15.9 Å². The number of rotatable bonds is 3. The average molecular weight is 299 g/mol. The minimum atomic E-state index is -1.07. The summed E-state index contributed by atoms with van der Waals surface area (Å²) in [6.07, 6.45) is 1.57. The van der Waals surface area contributed by atoms with Gasteiger partial charge in [0.05, 0.1) is 6.54 Å². The molecule has 0 saturated carbocycles. The van der Waals surface area contributed by atoms with E-state index in [2.05, 4.69) is 21.0 Å². The molecule has 1 aromatic carbocycles. The third kappa shape index (κ3) is 2.71. The Balaban J connectivity index is 2.22. The normalized spacial score (nSPS) is 10.5. The second-order valence-corrected chi connectivity index (χ2v) is 4.29. The van der Waals surface area contributed by atoms with Gasteiger partial charge in [0.25, 0.3) is 0 Å². The van der Waals surface area contributed by atoms with Crippen molar-refractivity contribution in [3.8, 4) is 0 Å². The Kier molecular flexibility index (Phi) is 3.23. The molecule has 0 spiro atoms. The number of carboxylic acid groups (broad SMARTS) is 1. The summed E-state index contributed by atoms with van der Waals surface area (Å²) in [5.74, 6) is -1.39. The van der Waals surface area contributed by atoms with Crippen LogP contribution < -0.4 is 0 Å². The first kappa shape index (κ1) is 11.8. The Morgan fingerprint density at radius 1 is 1.47 bits per heavy atom. The summed E-state index contributed by atoms with van der Waals surface area (Å²) in [6, 6.07) is 5.75. The number of carbonyl (C=O) groups is 1. The second-order valence-electron chi connectivity index (χ2n) is 3.44. The predicted octanol–water partition coefficient (Wildman–Crippen LogP) is 2.53. The number of carboxylic acids is 1. The zero-order valence-electron chi connectivity index (χ0n) is 8.60. The third-order valence-corrected chi connectivity index (χ3v) is 2.95. The number of hydrogen-bond acceptors (Lipinski definition) is 2. The van der Waals surface area contributed by atoms with Crippen LogP contribution in [0, 0.1) is 5.82 Å². The van der Waals surface area contributed by atoms with E-state index in [9.17, 15) is 9.18 Å². The summed E-state index contributed by atoms with van der Waals surface area (Å²) < 4.78 is 15.0. The van der Waals surface area contributed by atoms with E-state index in [1.54, 1.807) is 12.3 Å². The highest BCUT2D eigenvalue weighted by Crippen LogP contribution is 2.18. The Bertz CT molecular complexity index is 568. The molecule has 88 valence electrons. The van der Waals surface area contributed by atoms with Gasteiger partial charge in [0.15, 0.2) is 5.69 Å². The minimum absolute atomic E-state index is 0.0109. The van der Waals surface area contributed by atoms with E-state index in [0.29, 0.717) is 11.0 Å². The van der Waals surface area contributed by atoms with Gasteiger partial charge < -0.3 is 5.11 Å². The van der Waals surface area contributed by atoms with Gasteiger partial charge in [0.1, 0.15) is 5.82 Å². The summed E-state index contributed by atoms with van der Waals surface area (Å²) >= 11 is 3.24. The number of aromatic nitrogens is 2. The van der Waals surface area contributed by atoms with Gasteiger partial charge in [-0.15, -0.1) is 0 Å². The Hall–Kier alpha value is -1.69. The molecule has 0 bridgehead atoms. The van der Waals surface area contributed by atoms with Gasteiger partial charge in [0.2, 0.25) is 0 Å². The van der Waals surface area contributed by atoms with Crippen LogP contribution in [0.4, 0.5) is 4.39 Å². The first-order chi connectivity index (χ1) is 8.06. The SMILES string of the molecule is O=C(O)c1ccn(Cc2ccc(F)cc2Br)n1. The highest BCUT2D eigenvalue weighted by Gasteiger charge is 2.08. The highest BCUT2D eigenvalue weighted by molar-refractivity contribution is 9.10. The minimum Gasteiger partial charge on any atom is -0.476 e. The predicted molar refractivity (Wildman–Crippen MR) is 62.4 cm³/mol. The Labute approximate surface area is 105 Å². The summed E-state index contributed by atoms with van der Waals surface area (Å²) in [5.41, 5.74) is 0.815. The molecule has 0 fully saturated rings. The standard InChI is InChI=1S/C11H8BrFN2O2/c12-9-5-8(13)2-1-7(9)6-15-4-3-10(14-15)11(16)17/h1-5H,6H2,(H,16,17). The van der Waals surface area contributed by atoms with Crippen LogP contribution in [-0.2, 0) is 6.54 Å². The maximum absolute atomic E-state index is 12.9. The van der Waals surface area contributed by atoms with Crippen molar-refractivity contribution in [3.63, 3.8) is 0 Å². The average Bonchev–Trinajstić information content (AvgIpc) is 2.71. The molecule has 0 radical (unpaired) electrons. The van der Waals surface area contributed by atoms with Crippen LogP contribution in [0.5, 0.6) is 0 Å². The van der Waals surface area contributed by atoms with Gasteiger partial charge in [-0.1, -0.05) is 22.0 Å². The van der Waals surface area contributed by atoms with Crippen molar-refractivity contribution >= 4 is 21.9 Å². The lowest BCUT2D eigenvalue weighted by molar-refractivity contribution is 0.0689. The van der Waals surface area contributed by atoms with Crippen molar-refractivity contribution in [1.82, 2.24) is 9.78 Å². The van der Waals surface area contributed by atoms with Crippen molar-refractivity contribution in [2.24, 2.45) is 0 Å². The van der Waals surface area contributed by atoms with E-state index in [-0.39, 0.29) is 11.5 Å². The molecule has 0 saturated heterocycles. The fourth-order valence-corrected chi connectivity index (χ4v) is 1.86. The molecule has 0 aliphatic carbocycles. The van der Waals surface area contributed by atoms with Gasteiger partial charge in [-0.3, -0.25) is 4.68 Å². The Morgan fingerprint density at radius 2 is 2.24 bits per heavy atom. The zero-order chi connectivity index (χ0) is 12.4. The molecule has 4 nitrogen and oxygen atoms in total. The lowest BCUT2D eigenvalue weighted by atomic mass is 10.2. The molecule has 0 aliphatic rings. The Morgan fingerprint density at radius 3 is 2.82 bits per heavy atom. The number of aromatic carboxylic acids is 1. The number of halogens is 2. The van der Waals surface area contributed by atoms with E-state index in [4.69, 9.17) is 5.11 Å². The molecule has 0 atom stereocenters. The monoisotopic (exact) mass is 298 g/mol. The first-order valence-electron chi connectivity index (χ1n) is 4.77. The maximum Gasteiger partial charge on any atom is 0.356 e.